The van der Waals surface area contributed by atoms with Gasteiger partial charge in [-0.2, -0.15) is 0 Å². The van der Waals surface area contributed by atoms with Gasteiger partial charge in [0.05, 0.1) is 22.9 Å². The zero-order valence-electron chi connectivity index (χ0n) is 13.2. The van der Waals surface area contributed by atoms with Gasteiger partial charge in [-0.25, -0.2) is 4.98 Å². The summed E-state index contributed by atoms with van der Waals surface area (Å²) in [6, 6.07) is 13.8. The van der Waals surface area contributed by atoms with Crippen LogP contribution in [0.5, 0.6) is 5.75 Å². The lowest BCUT2D eigenvalue weighted by atomic mass is 10.0. The van der Waals surface area contributed by atoms with Gasteiger partial charge in [-0.05, 0) is 36.4 Å². The van der Waals surface area contributed by atoms with Gasteiger partial charge >= 0.3 is 0 Å². The first-order valence-corrected chi connectivity index (χ1v) is 9.56. The Morgan fingerprint density at radius 2 is 2.20 bits per heavy atom. The Balaban J connectivity index is 1.48. The highest BCUT2D eigenvalue weighted by Crippen LogP contribution is 2.34. The van der Waals surface area contributed by atoms with E-state index in [1.165, 1.54) is 0 Å². The van der Waals surface area contributed by atoms with Crippen molar-refractivity contribution in [2.24, 2.45) is 0 Å². The fourth-order valence-electron chi connectivity index (χ4n) is 2.84. The lowest BCUT2D eigenvalue weighted by Gasteiger charge is -2.26. The number of nitrogens with one attached hydrogen (secondary N) is 1. The lowest BCUT2D eigenvalue weighted by Crippen LogP contribution is -2.31. The number of carbonyl (C=O) groups is 1. The number of hydrogen-bond acceptors (Lipinski definition) is 4. The molecule has 0 bridgehead atoms. The molecule has 1 aliphatic rings. The number of hydrogen-bond donors (Lipinski definition) is 1. The summed E-state index contributed by atoms with van der Waals surface area (Å²) in [4.78, 5) is 16.8. The first-order chi connectivity index (χ1) is 12.2. The fourth-order valence-corrected chi connectivity index (χ4v) is 4.09. The molecular formula is C19H15BrN2O2S. The average molecular weight is 415 g/mol. The molecular weight excluding hydrogens is 400 g/mol. The molecule has 2 heterocycles. The Morgan fingerprint density at radius 3 is 3.08 bits per heavy atom. The van der Waals surface area contributed by atoms with Gasteiger partial charge in [0, 0.05) is 22.5 Å². The summed E-state index contributed by atoms with van der Waals surface area (Å²) >= 11 is 5.04. The summed E-state index contributed by atoms with van der Waals surface area (Å²) in [7, 11) is 0. The monoisotopic (exact) mass is 414 g/mol. The summed E-state index contributed by atoms with van der Waals surface area (Å²) in [5.41, 5.74) is 1.96. The molecule has 3 aromatic rings. The van der Waals surface area contributed by atoms with Gasteiger partial charge in [0.25, 0.3) is 0 Å². The molecule has 0 saturated heterocycles. The maximum atomic E-state index is 12.3. The third-order valence-corrected chi connectivity index (χ3v) is 5.51. The van der Waals surface area contributed by atoms with E-state index in [9.17, 15) is 4.79 Å². The molecule has 6 heteroatoms. The summed E-state index contributed by atoms with van der Waals surface area (Å²) in [5, 5.41) is 3.88. The van der Waals surface area contributed by atoms with Crippen LogP contribution in [0.3, 0.4) is 0 Å². The second-order valence-corrected chi connectivity index (χ2v) is 7.71. The molecule has 1 unspecified atom stereocenters. The number of rotatable bonds is 3. The summed E-state index contributed by atoms with van der Waals surface area (Å²) in [6.45, 7) is 0.598. The third kappa shape index (κ3) is 3.60. The molecule has 0 saturated carbocycles. The Bertz CT molecular complexity index is 934. The quantitative estimate of drug-likeness (QED) is 0.631. The first kappa shape index (κ1) is 16.3. The van der Waals surface area contributed by atoms with Gasteiger partial charge in [-0.15, -0.1) is 11.3 Å². The molecule has 1 atom stereocenters. The van der Waals surface area contributed by atoms with Gasteiger partial charge in [0.1, 0.15) is 10.8 Å². The van der Waals surface area contributed by atoms with Gasteiger partial charge in [0.15, 0.2) is 0 Å². The van der Waals surface area contributed by atoms with Crippen LogP contribution >= 0.6 is 27.3 Å². The number of aromatic nitrogens is 1. The van der Waals surface area contributed by atoms with Crippen molar-refractivity contribution in [3.05, 3.63) is 63.6 Å². The molecule has 0 radical (unpaired) electrons. The number of nitrogens with zero attached hydrogens (tertiary/aromatic N) is 1. The maximum absolute atomic E-state index is 12.3. The zero-order chi connectivity index (χ0) is 17.2. The molecule has 1 N–H and O–H groups in total. The van der Waals surface area contributed by atoms with Crippen LogP contribution in [0.15, 0.2) is 53.0 Å². The third-order valence-electron chi connectivity index (χ3n) is 4.02. The minimum absolute atomic E-state index is 0.0474. The highest BCUT2D eigenvalue weighted by atomic mass is 79.9. The van der Waals surface area contributed by atoms with Crippen LogP contribution in [0.2, 0.25) is 0 Å². The van der Waals surface area contributed by atoms with E-state index < -0.39 is 0 Å². The van der Waals surface area contributed by atoms with Gasteiger partial charge in [-0.3, -0.25) is 4.79 Å². The van der Waals surface area contributed by atoms with Crippen molar-refractivity contribution >= 4 is 49.5 Å². The molecule has 1 aromatic heterocycles. The number of ether oxygens (including phenoxy) is 1. The first-order valence-electron chi connectivity index (χ1n) is 7.95. The van der Waals surface area contributed by atoms with E-state index in [2.05, 4.69) is 26.2 Å². The minimum atomic E-state index is -0.128. The highest BCUT2D eigenvalue weighted by molar-refractivity contribution is 9.10. The molecule has 2 aromatic carbocycles. The van der Waals surface area contributed by atoms with Crippen LogP contribution in [0.25, 0.3) is 16.3 Å². The molecule has 0 fully saturated rings. The Morgan fingerprint density at radius 1 is 1.32 bits per heavy atom. The van der Waals surface area contributed by atoms with Gasteiger partial charge < -0.3 is 10.1 Å². The Labute approximate surface area is 157 Å². The predicted molar refractivity (Wildman–Crippen MR) is 104 cm³/mol. The standard InChI is InChI=1S/C19H15BrN2O2S/c20-12-5-6-16-13(11-12)14(9-10-24-16)21-18(23)7-8-19-22-15-3-1-2-4-17(15)25-19/h1-8,11,14H,9-10H2,(H,21,23)/b8-7+. The summed E-state index contributed by atoms with van der Waals surface area (Å²) in [6.07, 6.45) is 4.07. The SMILES string of the molecule is O=C(/C=C/c1nc2ccccc2s1)NC1CCOc2ccc(Br)cc21. The van der Waals surface area contributed by atoms with E-state index in [1.807, 2.05) is 42.5 Å². The molecule has 4 rings (SSSR count). The molecule has 25 heavy (non-hydrogen) atoms. The second-order valence-electron chi connectivity index (χ2n) is 5.73. The van der Waals surface area contributed by atoms with Crippen LogP contribution < -0.4 is 10.1 Å². The van der Waals surface area contributed by atoms with E-state index in [0.717, 1.165) is 37.4 Å². The number of para-hydroxylation sites is 1. The van der Waals surface area contributed by atoms with Crippen molar-refractivity contribution in [3.8, 4) is 5.75 Å². The number of carbonyl (C=O) groups excluding carboxylic acids is 1. The van der Waals surface area contributed by atoms with E-state index in [0.29, 0.717) is 6.61 Å². The van der Waals surface area contributed by atoms with Crippen molar-refractivity contribution in [1.82, 2.24) is 10.3 Å². The fraction of sp³-hybridized carbons (Fsp3) is 0.158. The molecule has 0 spiro atoms. The summed E-state index contributed by atoms with van der Waals surface area (Å²) in [5.74, 6) is 0.701. The van der Waals surface area contributed by atoms with Gasteiger partial charge in [-0.1, -0.05) is 28.1 Å². The van der Waals surface area contributed by atoms with Crippen LogP contribution in [0.1, 0.15) is 23.0 Å². The maximum Gasteiger partial charge on any atom is 0.244 e. The molecule has 4 nitrogen and oxygen atoms in total. The van der Waals surface area contributed by atoms with E-state index >= 15 is 0 Å². The Hall–Kier alpha value is -2.18. The van der Waals surface area contributed by atoms with Crippen molar-refractivity contribution in [1.29, 1.82) is 0 Å². The molecule has 0 aliphatic carbocycles. The van der Waals surface area contributed by atoms with Crippen molar-refractivity contribution in [2.45, 2.75) is 12.5 Å². The van der Waals surface area contributed by atoms with Crippen molar-refractivity contribution < 1.29 is 9.53 Å². The largest absolute Gasteiger partial charge is 0.493 e. The molecule has 126 valence electrons. The van der Waals surface area contributed by atoms with Gasteiger partial charge in [0.2, 0.25) is 5.91 Å². The number of thiazole rings is 1. The second kappa shape index (κ2) is 6.98. The van der Waals surface area contributed by atoms with E-state index in [1.54, 1.807) is 23.5 Å². The minimum Gasteiger partial charge on any atom is -0.493 e. The van der Waals surface area contributed by atoms with E-state index in [-0.39, 0.29) is 11.9 Å². The predicted octanol–water partition coefficient (Wildman–Crippen LogP) is 4.71. The van der Waals surface area contributed by atoms with Crippen molar-refractivity contribution in [3.63, 3.8) is 0 Å². The Kier molecular flexibility index (Phi) is 4.55. The number of amides is 1. The molecule has 1 amide bonds. The average Bonchev–Trinajstić information content (AvgIpc) is 3.03. The van der Waals surface area contributed by atoms with Crippen molar-refractivity contribution in [2.75, 3.05) is 6.61 Å². The lowest BCUT2D eigenvalue weighted by molar-refractivity contribution is -0.117. The highest BCUT2D eigenvalue weighted by Gasteiger charge is 2.22. The summed E-state index contributed by atoms with van der Waals surface area (Å²) < 4.78 is 7.74. The van der Waals surface area contributed by atoms with Crippen LogP contribution in [-0.4, -0.2) is 17.5 Å². The van der Waals surface area contributed by atoms with Crippen LogP contribution in [0, 0.1) is 0 Å². The number of halogens is 1. The zero-order valence-corrected chi connectivity index (χ0v) is 15.6. The topological polar surface area (TPSA) is 51.2 Å². The normalized spacial score (nSPS) is 16.6. The van der Waals surface area contributed by atoms with Crippen LogP contribution in [-0.2, 0) is 4.79 Å². The van der Waals surface area contributed by atoms with E-state index in [4.69, 9.17) is 4.74 Å². The molecule has 1 aliphatic heterocycles. The van der Waals surface area contributed by atoms with Crippen LogP contribution in [0.4, 0.5) is 0 Å². The number of benzene rings is 2. The number of fused-ring (bicyclic) bond motifs is 2. The smallest absolute Gasteiger partial charge is 0.244 e.